The average molecular weight is 354 g/mol. The molecule has 74 valence electrons. The largest absolute Gasteiger partial charge is 0.294 e. The van der Waals surface area contributed by atoms with Crippen LogP contribution in [0.25, 0.3) is 0 Å². The van der Waals surface area contributed by atoms with Gasteiger partial charge in [0.05, 0.1) is 15.3 Å². The SMILES string of the molecule is O=C1C2=C(SC(Br)C2)C2SC(Br)=CC12. The van der Waals surface area contributed by atoms with E-state index in [1.54, 1.807) is 11.8 Å². The second-order valence-electron chi connectivity index (χ2n) is 3.47. The first-order chi connectivity index (χ1) is 6.66. The minimum absolute atomic E-state index is 0.117. The molecule has 5 heteroatoms. The highest BCUT2D eigenvalue weighted by atomic mass is 79.9. The Bertz CT molecular complexity index is 388. The van der Waals surface area contributed by atoms with Crippen molar-refractivity contribution in [1.82, 2.24) is 0 Å². The maximum atomic E-state index is 12.0. The van der Waals surface area contributed by atoms with Crippen molar-refractivity contribution in [2.24, 2.45) is 5.92 Å². The van der Waals surface area contributed by atoms with Crippen molar-refractivity contribution in [3.8, 4) is 0 Å². The lowest BCUT2D eigenvalue weighted by Crippen LogP contribution is -2.15. The molecule has 0 aromatic rings. The van der Waals surface area contributed by atoms with Gasteiger partial charge < -0.3 is 0 Å². The third-order valence-electron chi connectivity index (χ3n) is 2.65. The molecule has 3 rings (SSSR count). The Morgan fingerprint density at radius 2 is 2.21 bits per heavy atom. The number of alkyl halides is 1. The van der Waals surface area contributed by atoms with Crippen molar-refractivity contribution in [1.29, 1.82) is 0 Å². The van der Waals surface area contributed by atoms with Gasteiger partial charge in [0.25, 0.3) is 0 Å². The summed E-state index contributed by atoms with van der Waals surface area (Å²) >= 11 is 10.6. The van der Waals surface area contributed by atoms with Gasteiger partial charge in [-0.05, 0) is 22.4 Å². The molecule has 3 unspecified atom stereocenters. The molecule has 0 bridgehead atoms. The predicted molar refractivity (Wildman–Crippen MR) is 68.8 cm³/mol. The van der Waals surface area contributed by atoms with E-state index in [0.29, 0.717) is 15.2 Å². The zero-order valence-electron chi connectivity index (χ0n) is 7.00. The van der Waals surface area contributed by atoms with E-state index in [1.807, 2.05) is 11.8 Å². The second-order valence-corrected chi connectivity index (χ2v) is 8.99. The van der Waals surface area contributed by atoms with Crippen molar-refractivity contribution >= 4 is 61.2 Å². The fourth-order valence-corrected chi connectivity index (χ4v) is 6.39. The summed E-state index contributed by atoms with van der Waals surface area (Å²) < 4.78 is 1.53. The molecule has 2 aliphatic heterocycles. The van der Waals surface area contributed by atoms with Crippen molar-refractivity contribution in [2.45, 2.75) is 15.8 Å². The summed E-state index contributed by atoms with van der Waals surface area (Å²) in [5.41, 5.74) is 1.08. The number of ketones is 1. The minimum Gasteiger partial charge on any atom is -0.294 e. The Kier molecular flexibility index (Phi) is 2.43. The molecule has 0 N–H and O–H groups in total. The van der Waals surface area contributed by atoms with Crippen molar-refractivity contribution < 1.29 is 4.79 Å². The van der Waals surface area contributed by atoms with Crippen LogP contribution in [-0.2, 0) is 4.79 Å². The van der Waals surface area contributed by atoms with Gasteiger partial charge in [-0.25, -0.2) is 0 Å². The van der Waals surface area contributed by atoms with E-state index in [-0.39, 0.29) is 5.92 Å². The summed E-state index contributed by atoms with van der Waals surface area (Å²) in [5.74, 6) is 0.466. The van der Waals surface area contributed by atoms with Crippen LogP contribution >= 0.6 is 55.4 Å². The predicted octanol–water partition coefficient (Wildman–Crippen LogP) is 3.65. The Morgan fingerprint density at radius 3 is 3.00 bits per heavy atom. The van der Waals surface area contributed by atoms with Crippen LogP contribution in [0.4, 0.5) is 0 Å². The number of hydrogen-bond acceptors (Lipinski definition) is 3. The average Bonchev–Trinajstić information content (AvgIpc) is 2.71. The molecule has 0 spiro atoms. The van der Waals surface area contributed by atoms with Crippen molar-refractivity contribution in [3.05, 3.63) is 20.4 Å². The van der Waals surface area contributed by atoms with E-state index in [2.05, 4.69) is 37.9 Å². The number of hydrogen-bond donors (Lipinski definition) is 0. The number of fused-ring (bicyclic) bond motifs is 2. The quantitative estimate of drug-likeness (QED) is 0.619. The summed E-state index contributed by atoms with van der Waals surface area (Å²) in [5, 5.41) is 0.374. The summed E-state index contributed by atoms with van der Waals surface area (Å²) in [6, 6.07) is 0. The minimum atomic E-state index is 0.117. The van der Waals surface area contributed by atoms with Crippen LogP contribution in [0.3, 0.4) is 0 Å². The van der Waals surface area contributed by atoms with Gasteiger partial charge in [-0.2, -0.15) is 0 Å². The van der Waals surface area contributed by atoms with E-state index in [1.165, 1.54) is 4.91 Å². The van der Waals surface area contributed by atoms with Gasteiger partial charge in [0, 0.05) is 14.3 Å². The number of rotatable bonds is 0. The van der Waals surface area contributed by atoms with Crippen LogP contribution in [0.15, 0.2) is 20.4 Å². The molecule has 1 nitrogen and oxygen atoms in total. The molecule has 0 amide bonds. The first-order valence-corrected chi connectivity index (χ1v) is 7.75. The fourth-order valence-electron chi connectivity index (χ4n) is 2.07. The number of carbonyl (C=O) groups excluding carboxylic acids is 1. The molecule has 0 saturated carbocycles. The highest BCUT2D eigenvalue weighted by Crippen LogP contribution is 2.58. The monoisotopic (exact) mass is 352 g/mol. The maximum Gasteiger partial charge on any atom is 0.168 e. The van der Waals surface area contributed by atoms with Crippen molar-refractivity contribution in [3.63, 3.8) is 0 Å². The van der Waals surface area contributed by atoms with Crippen LogP contribution in [0.1, 0.15) is 6.42 Å². The molecule has 0 aromatic carbocycles. The van der Waals surface area contributed by atoms with E-state index in [4.69, 9.17) is 0 Å². The van der Waals surface area contributed by atoms with E-state index >= 15 is 0 Å². The van der Waals surface area contributed by atoms with Gasteiger partial charge in [0.2, 0.25) is 0 Å². The molecule has 3 atom stereocenters. The molecule has 1 aliphatic carbocycles. The van der Waals surface area contributed by atoms with Gasteiger partial charge in [-0.15, -0.1) is 23.5 Å². The number of Topliss-reactive ketones (excluding diaryl/α,β-unsaturated/α-hetero) is 1. The zero-order valence-corrected chi connectivity index (χ0v) is 11.8. The summed E-state index contributed by atoms with van der Waals surface area (Å²) in [7, 11) is 0. The molecular weight excluding hydrogens is 348 g/mol. The third kappa shape index (κ3) is 1.32. The van der Waals surface area contributed by atoms with Crippen LogP contribution in [0.2, 0.25) is 0 Å². The number of carbonyl (C=O) groups is 1. The Balaban J connectivity index is 1.98. The van der Waals surface area contributed by atoms with Gasteiger partial charge >= 0.3 is 0 Å². The Hall–Kier alpha value is 0.810. The molecular formula is C9H6Br2OS2. The first-order valence-electron chi connectivity index (χ1n) is 4.29. The summed E-state index contributed by atoms with van der Waals surface area (Å²) in [4.78, 5) is 13.3. The van der Waals surface area contributed by atoms with Gasteiger partial charge in [-0.1, -0.05) is 22.0 Å². The maximum absolute atomic E-state index is 12.0. The second kappa shape index (κ2) is 3.40. The summed E-state index contributed by atoms with van der Waals surface area (Å²) in [6.45, 7) is 0. The van der Waals surface area contributed by atoms with Crippen LogP contribution in [0.5, 0.6) is 0 Å². The zero-order chi connectivity index (χ0) is 9.87. The van der Waals surface area contributed by atoms with Crippen molar-refractivity contribution in [2.75, 3.05) is 0 Å². The molecule has 0 aromatic heterocycles. The molecule has 0 radical (unpaired) electrons. The fraction of sp³-hybridized carbons (Fsp3) is 0.444. The van der Waals surface area contributed by atoms with Crippen LogP contribution in [0, 0.1) is 5.92 Å². The highest BCUT2D eigenvalue weighted by molar-refractivity contribution is 9.14. The molecule has 0 saturated heterocycles. The third-order valence-corrected chi connectivity index (χ3v) is 6.83. The van der Waals surface area contributed by atoms with Crippen LogP contribution in [-0.4, -0.2) is 15.2 Å². The normalized spacial score (nSPS) is 40.3. The van der Waals surface area contributed by atoms with Gasteiger partial charge in [0.15, 0.2) is 5.78 Å². The lowest BCUT2D eigenvalue weighted by atomic mass is 10.0. The standard InChI is InChI=1S/C9H6Br2OS2/c10-5-1-3-7(12)4-2-6(11)14-9(4)8(3)13-5/h1,3,6,8H,2H2. The van der Waals surface area contributed by atoms with Gasteiger partial charge in [-0.3, -0.25) is 4.79 Å². The number of allylic oxidation sites excluding steroid dienone is 2. The first kappa shape index (κ1) is 10.00. The van der Waals surface area contributed by atoms with Crippen LogP contribution < -0.4 is 0 Å². The van der Waals surface area contributed by atoms with E-state index in [0.717, 1.165) is 15.8 Å². The van der Waals surface area contributed by atoms with E-state index in [9.17, 15) is 4.79 Å². The Morgan fingerprint density at radius 1 is 1.43 bits per heavy atom. The van der Waals surface area contributed by atoms with Gasteiger partial charge in [0.1, 0.15) is 0 Å². The molecule has 3 aliphatic rings. The molecule has 14 heavy (non-hydrogen) atoms. The Labute approximate surface area is 107 Å². The summed E-state index contributed by atoms with van der Waals surface area (Å²) in [6.07, 6.45) is 2.96. The highest BCUT2D eigenvalue weighted by Gasteiger charge is 2.48. The van der Waals surface area contributed by atoms with E-state index < -0.39 is 0 Å². The number of halogens is 2. The smallest absolute Gasteiger partial charge is 0.168 e. The molecule has 2 heterocycles. The lowest BCUT2D eigenvalue weighted by Gasteiger charge is -2.12. The lowest BCUT2D eigenvalue weighted by molar-refractivity contribution is -0.117. The molecule has 0 fully saturated rings. The number of thioether (sulfide) groups is 2. The topological polar surface area (TPSA) is 17.1 Å².